The van der Waals surface area contributed by atoms with Crippen LogP contribution in [0.5, 0.6) is 5.75 Å². The fourth-order valence-electron chi connectivity index (χ4n) is 4.02. The van der Waals surface area contributed by atoms with Crippen molar-refractivity contribution in [3.8, 4) is 37.3 Å². The molecule has 0 bridgehead atoms. The average molecular weight is 598 g/mol. The van der Waals surface area contributed by atoms with Gasteiger partial charge in [-0.2, -0.15) is 0 Å². The monoisotopic (exact) mass is 597 g/mol. The van der Waals surface area contributed by atoms with Crippen molar-refractivity contribution in [2.75, 3.05) is 5.32 Å². The quantitative estimate of drug-likeness (QED) is 0.181. The number of thiophene rings is 2. The maximum absolute atomic E-state index is 13.2. The zero-order valence-electron chi connectivity index (χ0n) is 24.3. The van der Waals surface area contributed by atoms with Crippen LogP contribution in [0.3, 0.4) is 0 Å². The molecule has 1 amide bonds. The summed E-state index contributed by atoms with van der Waals surface area (Å²) in [5, 5.41) is 5.23. The predicted molar refractivity (Wildman–Crippen MR) is 175 cm³/mol. The smallest absolute Gasteiger partial charge is 0.250 e. The van der Waals surface area contributed by atoms with E-state index in [1.165, 1.54) is 10.4 Å². The number of hydrogen-bond acceptors (Lipinski definition) is 6. The number of aryl methyl sites for hydroxylation is 1. The van der Waals surface area contributed by atoms with Crippen LogP contribution in [0.4, 0.5) is 5.82 Å². The van der Waals surface area contributed by atoms with E-state index in [-0.39, 0.29) is 17.4 Å². The van der Waals surface area contributed by atoms with Crippen molar-refractivity contribution < 1.29 is 9.22 Å². The van der Waals surface area contributed by atoms with E-state index in [2.05, 4.69) is 92.9 Å². The number of nitrogens with one attached hydrogen (secondary N) is 1. The van der Waals surface area contributed by atoms with Crippen LogP contribution in [0.15, 0.2) is 84.4 Å². The van der Waals surface area contributed by atoms with E-state index in [9.17, 15) is 4.79 Å². The first-order valence-electron chi connectivity index (χ1n) is 13.6. The molecule has 210 valence electrons. The molecule has 3 aromatic heterocycles. The first-order chi connectivity index (χ1) is 19.5. The van der Waals surface area contributed by atoms with Gasteiger partial charge in [-0.25, -0.2) is 9.97 Å². The molecule has 2 aromatic carbocycles. The van der Waals surface area contributed by atoms with Gasteiger partial charge in [-0.3, -0.25) is 4.79 Å². The van der Waals surface area contributed by atoms with Crippen molar-refractivity contribution in [3.05, 3.63) is 95.5 Å². The molecule has 3 heterocycles. The molecule has 5 nitrogen and oxygen atoms in total. The SMILES string of the molecule is Cc1ccc(-c2cnc(NC(=O)Cc3ccc(O[Si](C)(C)C(C)(C)C)cc3)c(-c3ccc(-c4cccs4)s3)n2)cc1. The van der Waals surface area contributed by atoms with Crippen molar-refractivity contribution in [2.24, 2.45) is 0 Å². The Morgan fingerprint density at radius 3 is 2.29 bits per heavy atom. The maximum atomic E-state index is 13.2. The molecule has 0 spiro atoms. The number of rotatable bonds is 8. The lowest BCUT2D eigenvalue weighted by molar-refractivity contribution is -0.115. The van der Waals surface area contributed by atoms with Crippen LogP contribution in [-0.4, -0.2) is 24.2 Å². The Hall–Kier alpha value is -3.59. The van der Waals surface area contributed by atoms with Gasteiger partial charge in [0, 0.05) is 15.3 Å². The molecule has 0 radical (unpaired) electrons. The van der Waals surface area contributed by atoms with E-state index in [1.807, 2.05) is 36.4 Å². The Labute approximate surface area is 251 Å². The van der Waals surface area contributed by atoms with Crippen molar-refractivity contribution in [3.63, 3.8) is 0 Å². The fourth-order valence-corrected chi connectivity index (χ4v) is 6.88. The molecule has 0 fully saturated rings. The number of anilines is 1. The van der Waals surface area contributed by atoms with Gasteiger partial charge in [-0.15, -0.1) is 22.7 Å². The summed E-state index contributed by atoms with van der Waals surface area (Å²) in [6.45, 7) is 13.2. The molecule has 41 heavy (non-hydrogen) atoms. The minimum Gasteiger partial charge on any atom is -0.544 e. The third-order valence-electron chi connectivity index (χ3n) is 7.45. The van der Waals surface area contributed by atoms with Crippen molar-refractivity contribution in [1.82, 2.24) is 9.97 Å². The van der Waals surface area contributed by atoms with Gasteiger partial charge in [-0.1, -0.05) is 68.8 Å². The van der Waals surface area contributed by atoms with Gasteiger partial charge in [0.15, 0.2) is 5.82 Å². The van der Waals surface area contributed by atoms with Crippen molar-refractivity contribution in [1.29, 1.82) is 0 Å². The van der Waals surface area contributed by atoms with Crippen LogP contribution in [0, 0.1) is 6.92 Å². The van der Waals surface area contributed by atoms with E-state index in [0.717, 1.165) is 32.3 Å². The number of amides is 1. The number of carbonyl (C=O) groups excluding carboxylic acids is 1. The minimum absolute atomic E-state index is 0.117. The number of hydrogen-bond donors (Lipinski definition) is 1. The Bertz CT molecular complexity index is 1640. The molecule has 1 N–H and O–H groups in total. The highest BCUT2D eigenvalue weighted by atomic mass is 32.1. The lowest BCUT2D eigenvalue weighted by Crippen LogP contribution is -2.43. The molecule has 5 rings (SSSR count). The summed E-state index contributed by atoms with van der Waals surface area (Å²) in [6.07, 6.45) is 1.96. The highest BCUT2D eigenvalue weighted by Gasteiger charge is 2.38. The summed E-state index contributed by atoms with van der Waals surface area (Å²) in [4.78, 5) is 26.2. The number of benzene rings is 2. The summed E-state index contributed by atoms with van der Waals surface area (Å²) in [5.74, 6) is 1.17. The van der Waals surface area contributed by atoms with Gasteiger partial charge in [0.2, 0.25) is 14.2 Å². The zero-order chi connectivity index (χ0) is 29.2. The summed E-state index contributed by atoms with van der Waals surface area (Å²) >= 11 is 3.35. The maximum Gasteiger partial charge on any atom is 0.250 e. The molecular formula is C33H35N3O2S2Si. The van der Waals surface area contributed by atoms with E-state index in [4.69, 9.17) is 9.41 Å². The van der Waals surface area contributed by atoms with Gasteiger partial charge in [0.05, 0.1) is 23.2 Å². The van der Waals surface area contributed by atoms with Crippen LogP contribution >= 0.6 is 22.7 Å². The summed E-state index contributed by atoms with van der Waals surface area (Å²) in [7, 11) is -1.93. The van der Waals surface area contributed by atoms with Crippen LogP contribution in [0.1, 0.15) is 31.9 Å². The Kier molecular flexibility index (Phi) is 8.27. The molecule has 5 aromatic rings. The van der Waals surface area contributed by atoms with E-state index in [0.29, 0.717) is 11.5 Å². The number of carbonyl (C=O) groups is 1. The Balaban J connectivity index is 1.38. The topological polar surface area (TPSA) is 64.1 Å². The lowest BCUT2D eigenvalue weighted by atomic mass is 10.1. The van der Waals surface area contributed by atoms with Crippen molar-refractivity contribution >= 4 is 42.7 Å². The highest BCUT2D eigenvalue weighted by Crippen LogP contribution is 2.39. The van der Waals surface area contributed by atoms with Gasteiger partial charge in [0.25, 0.3) is 0 Å². The van der Waals surface area contributed by atoms with E-state index < -0.39 is 8.32 Å². The first kappa shape index (κ1) is 28.9. The second kappa shape index (κ2) is 11.7. The van der Waals surface area contributed by atoms with Gasteiger partial charge < -0.3 is 9.74 Å². The van der Waals surface area contributed by atoms with E-state index >= 15 is 0 Å². The molecule has 0 aliphatic carbocycles. The molecule has 0 atom stereocenters. The summed E-state index contributed by atoms with van der Waals surface area (Å²) in [6, 6.07) is 24.4. The zero-order valence-corrected chi connectivity index (χ0v) is 27.0. The van der Waals surface area contributed by atoms with Crippen molar-refractivity contribution in [2.45, 2.75) is 52.2 Å². The molecule has 0 unspecified atom stereocenters. The van der Waals surface area contributed by atoms with Gasteiger partial charge in [-0.05, 0) is 66.3 Å². The third-order valence-corrected chi connectivity index (χ3v) is 14.0. The molecule has 0 saturated heterocycles. The molecule has 0 aliphatic heterocycles. The molecule has 0 aliphatic rings. The number of nitrogens with zero attached hydrogens (tertiary/aromatic N) is 2. The standard InChI is InChI=1S/C33H35N3O2S2Si/c1-22-9-13-24(14-10-22)26-21-34-32(31(35-26)29-18-17-28(40-29)27-8-7-19-39-27)36-30(37)20-23-11-15-25(16-12-23)38-41(5,6)33(2,3)4/h7-19,21H,20H2,1-6H3,(H,34,36,37). The third kappa shape index (κ3) is 6.84. The molecule has 0 saturated carbocycles. The predicted octanol–water partition coefficient (Wildman–Crippen LogP) is 9.47. The summed E-state index contributed by atoms with van der Waals surface area (Å²) in [5.41, 5.74) is 4.51. The first-order valence-corrected chi connectivity index (χ1v) is 18.2. The van der Waals surface area contributed by atoms with Gasteiger partial charge in [0.1, 0.15) is 11.4 Å². The van der Waals surface area contributed by atoms with Crippen LogP contribution in [0.25, 0.3) is 31.6 Å². The van der Waals surface area contributed by atoms with Gasteiger partial charge >= 0.3 is 0 Å². The molecule has 8 heteroatoms. The second-order valence-corrected chi connectivity index (χ2v) is 18.4. The average Bonchev–Trinajstić information content (AvgIpc) is 3.62. The number of aromatic nitrogens is 2. The van der Waals surface area contributed by atoms with E-state index in [1.54, 1.807) is 28.9 Å². The lowest BCUT2D eigenvalue weighted by Gasteiger charge is -2.36. The normalized spacial score (nSPS) is 11.9. The van der Waals surface area contributed by atoms with Crippen LogP contribution in [0.2, 0.25) is 18.1 Å². The fraction of sp³-hybridized carbons (Fsp3) is 0.242. The minimum atomic E-state index is -1.93. The summed E-state index contributed by atoms with van der Waals surface area (Å²) < 4.78 is 6.39. The van der Waals surface area contributed by atoms with Crippen LogP contribution < -0.4 is 9.74 Å². The second-order valence-electron chi connectivity index (χ2n) is 11.7. The Morgan fingerprint density at radius 2 is 1.63 bits per heavy atom. The molecular weight excluding hydrogens is 563 g/mol. The Morgan fingerprint density at radius 1 is 0.927 bits per heavy atom. The largest absolute Gasteiger partial charge is 0.544 e. The highest BCUT2D eigenvalue weighted by molar-refractivity contribution is 7.23. The van der Waals surface area contributed by atoms with Crippen LogP contribution in [-0.2, 0) is 11.2 Å².